The van der Waals surface area contributed by atoms with E-state index in [1.807, 2.05) is 0 Å². The first kappa shape index (κ1) is 9.61. The molecular formula is C6H2Cl2F3N. The molecule has 0 aromatic carbocycles. The molecule has 0 radical (unpaired) electrons. The van der Waals surface area contributed by atoms with Gasteiger partial charge in [-0.3, -0.25) is 0 Å². The van der Waals surface area contributed by atoms with Crippen molar-refractivity contribution in [1.82, 2.24) is 4.98 Å². The van der Waals surface area contributed by atoms with Gasteiger partial charge in [0.15, 0.2) is 11.0 Å². The first-order valence-electron chi connectivity index (χ1n) is 2.81. The van der Waals surface area contributed by atoms with Crippen molar-refractivity contribution in [1.29, 1.82) is 0 Å². The van der Waals surface area contributed by atoms with E-state index in [4.69, 9.17) is 23.2 Å². The molecule has 0 aliphatic rings. The Bertz CT molecular complexity index is 303. The molecule has 0 fully saturated rings. The summed E-state index contributed by atoms with van der Waals surface area (Å²) in [6.07, 6.45) is -2.10. The number of hydrogen-bond donors (Lipinski definition) is 0. The fourth-order valence-corrected chi connectivity index (χ4v) is 1.02. The summed E-state index contributed by atoms with van der Waals surface area (Å²) >= 11 is 10.4. The molecule has 6 heteroatoms. The second-order valence-corrected chi connectivity index (χ2v) is 2.67. The van der Waals surface area contributed by atoms with Crippen LogP contribution in [-0.4, -0.2) is 4.98 Å². The maximum absolute atomic E-state index is 12.7. The van der Waals surface area contributed by atoms with Gasteiger partial charge in [0.1, 0.15) is 0 Å². The summed E-state index contributed by atoms with van der Waals surface area (Å²) in [5.74, 6) is -1.11. The van der Waals surface area contributed by atoms with Crippen LogP contribution in [0.25, 0.3) is 0 Å². The Morgan fingerprint density at radius 3 is 2.42 bits per heavy atom. The van der Waals surface area contributed by atoms with E-state index in [0.717, 1.165) is 6.20 Å². The molecule has 0 aliphatic heterocycles. The highest BCUT2D eigenvalue weighted by Crippen LogP contribution is 2.30. The zero-order valence-electron chi connectivity index (χ0n) is 5.49. The van der Waals surface area contributed by atoms with Crippen molar-refractivity contribution >= 4 is 23.2 Å². The van der Waals surface area contributed by atoms with Crippen LogP contribution in [0.15, 0.2) is 6.20 Å². The minimum Gasteiger partial charge on any atom is -0.241 e. The number of pyridine rings is 1. The molecule has 0 saturated carbocycles. The van der Waals surface area contributed by atoms with Gasteiger partial charge in [-0.1, -0.05) is 23.2 Å². The van der Waals surface area contributed by atoms with Gasteiger partial charge in [0.25, 0.3) is 6.43 Å². The zero-order chi connectivity index (χ0) is 9.30. The lowest BCUT2D eigenvalue weighted by molar-refractivity contribution is 0.150. The Labute approximate surface area is 76.1 Å². The summed E-state index contributed by atoms with van der Waals surface area (Å²) in [4.78, 5) is 3.19. The van der Waals surface area contributed by atoms with E-state index < -0.39 is 28.0 Å². The van der Waals surface area contributed by atoms with Gasteiger partial charge in [-0.2, -0.15) is 0 Å². The largest absolute Gasteiger partial charge is 0.266 e. The molecule has 1 aromatic rings. The smallest absolute Gasteiger partial charge is 0.241 e. The molecule has 0 amide bonds. The van der Waals surface area contributed by atoms with Gasteiger partial charge in [0.05, 0.1) is 10.6 Å². The Balaban J connectivity index is 3.27. The van der Waals surface area contributed by atoms with Crippen molar-refractivity contribution in [3.05, 3.63) is 27.8 Å². The topological polar surface area (TPSA) is 12.9 Å². The lowest BCUT2D eigenvalue weighted by Crippen LogP contribution is -1.93. The SMILES string of the molecule is Fc1c(Cl)ncc(C(F)F)c1Cl. The molecule has 1 aromatic heterocycles. The molecule has 1 rings (SSSR count). The molecule has 0 atom stereocenters. The summed E-state index contributed by atoms with van der Waals surface area (Å²) in [5, 5.41) is -1.19. The Morgan fingerprint density at radius 2 is 1.92 bits per heavy atom. The fraction of sp³-hybridized carbons (Fsp3) is 0.167. The monoisotopic (exact) mass is 215 g/mol. The molecule has 0 unspecified atom stereocenters. The van der Waals surface area contributed by atoms with Gasteiger partial charge < -0.3 is 0 Å². The summed E-state index contributed by atoms with van der Waals surface area (Å²) < 4.78 is 36.7. The van der Waals surface area contributed by atoms with Crippen molar-refractivity contribution in [3.63, 3.8) is 0 Å². The average molecular weight is 216 g/mol. The van der Waals surface area contributed by atoms with E-state index in [0.29, 0.717) is 0 Å². The molecule has 1 nitrogen and oxygen atoms in total. The van der Waals surface area contributed by atoms with E-state index in [1.54, 1.807) is 0 Å². The number of aromatic nitrogens is 1. The van der Waals surface area contributed by atoms with Gasteiger partial charge in [0.2, 0.25) is 0 Å². The molecule has 0 aliphatic carbocycles. The van der Waals surface area contributed by atoms with Crippen LogP contribution in [0.2, 0.25) is 10.2 Å². The highest BCUT2D eigenvalue weighted by atomic mass is 35.5. The predicted molar refractivity (Wildman–Crippen MR) is 39.2 cm³/mol. The third kappa shape index (κ3) is 1.64. The van der Waals surface area contributed by atoms with E-state index in [-0.39, 0.29) is 0 Å². The van der Waals surface area contributed by atoms with Gasteiger partial charge in [-0.15, -0.1) is 0 Å². The summed E-state index contributed by atoms with van der Waals surface area (Å²) in [6, 6.07) is 0. The molecule has 0 N–H and O–H groups in total. The average Bonchev–Trinajstić information content (AvgIpc) is 2.00. The lowest BCUT2D eigenvalue weighted by Gasteiger charge is -2.03. The molecule has 12 heavy (non-hydrogen) atoms. The Morgan fingerprint density at radius 1 is 1.33 bits per heavy atom. The third-order valence-corrected chi connectivity index (χ3v) is 1.83. The molecule has 1 heterocycles. The van der Waals surface area contributed by atoms with E-state index >= 15 is 0 Å². The first-order valence-corrected chi connectivity index (χ1v) is 3.57. The van der Waals surface area contributed by atoms with Crippen molar-refractivity contribution in [2.75, 3.05) is 0 Å². The minimum atomic E-state index is -2.85. The van der Waals surface area contributed by atoms with Crippen molar-refractivity contribution in [2.24, 2.45) is 0 Å². The van der Waals surface area contributed by atoms with E-state index in [1.165, 1.54) is 0 Å². The number of rotatable bonds is 1. The van der Waals surface area contributed by atoms with E-state index in [9.17, 15) is 13.2 Å². The number of nitrogens with zero attached hydrogens (tertiary/aromatic N) is 1. The quantitative estimate of drug-likeness (QED) is 0.655. The van der Waals surface area contributed by atoms with Crippen LogP contribution in [0.5, 0.6) is 0 Å². The van der Waals surface area contributed by atoms with Crippen molar-refractivity contribution in [3.8, 4) is 0 Å². The summed E-state index contributed by atoms with van der Waals surface area (Å²) in [7, 11) is 0. The number of hydrogen-bond acceptors (Lipinski definition) is 1. The van der Waals surface area contributed by atoms with Crippen LogP contribution in [0.3, 0.4) is 0 Å². The molecule has 0 spiro atoms. The number of alkyl halides is 2. The molecule has 0 bridgehead atoms. The zero-order valence-corrected chi connectivity index (χ0v) is 7.00. The summed E-state index contributed by atoms with van der Waals surface area (Å²) in [6.45, 7) is 0. The molecule has 66 valence electrons. The van der Waals surface area contributed by atoms with Crippen LogP contribution >= 0.6 is 23.2 Å². The van der Waals surface area contributed by atoms with Crippen LogP contribution in [-0.2, 0) is 0 Å². The van der Waals surface area contributed by atoms with Crippen LogP contribution in [0, 0.1) is 5.82 Å². The van der Waals surface area contributed by atoms with E-state index in [2.05, 4.69) is 4.98 Å². The summed E-state index contributed by atoms with van der Waals surface area (Å²) in [5.41, 5.74) is -0.654. The highest BCUT2D eigenvalue weighted by Gasteiger charge is 2.17. The van der Waals surface area contributed by atoms with Crippen LogP contribution < -0.4 is 0 Å². The van der Waals surface area contributed by atoms with Crippen LogP contribution in [0.1, 0.15) is 12.0 Å². The highest BCUT2D eigenvalue weighted by molar-refractivity contribution is 6.34. The normalized spacial score (nSPS) is 10.8. The maximum Gasteiger partial charge on any atom is 0.266 e. The molecule has 0 saturated heterocycles. The Hall–Kier alpha value is -0.480. The second-order valence-electron chi connectivity index (χ2n) is 1.93. The van der Waals surface area contributed by atoms with Gasteiger partial charge in [-0.05, 0) is 0 Å². The number of halogens is 5. The fourth-order valence-electron chi connectivity index (χ4n) is 0.609. The maximum atomic E-state index is 12.7. The molecular weight excluding hydrogens is 214 g/mol. The standard InChI is InChI=1S/C6H2Cl2F3N/c7-3-2(6(10)11)1-12-5(8)4(3)9/h1,6H. The van der Waals surface area contributed by atoms with Gasteiger partial charge >= 0.3 is 0 Å². The van der Waals surface area contributed by atoms with Crippen molar-refractivity contribution in [2.45, 2.75) is 6.43 Å². The lowest BCUT2D eigenvalue weighted by atomic mass is 10.3. The third-order valence-electron chi connectivity index (χ3n) is 1.18. The van der Waals surface area contributed by atoms with Gasteiger partial charge in [0, 0.05) is 6.20 Å². The van der Waals surface area contributed by atoms with Crippen LogP contribution in [0.4, 0.5) is 13.2 Å². The minimum absolute atomic E-state index is 0.510. The second kappa shape index (κ2) is 3.49. The van der Waals surface area contributed by atoms with Gasteiger partial charge in [-0.25, -0.2) is 18.2 Å². The Kier molecular flexibility index (Phi) is 2.80. The van der Waals surface area contributed by atoms with Crippen molar-refractivity contribution < 1.29 is 13.2 Å². The predicted octanol–water partition coefficient (Wildman–Crippen LogP) is 3.47. The first-order chi connectivity index (χ1) is 5.54.